The molecule has 1 aliphatic rings. The molecule has 1 unspecified atom stereocenters. The third-order valence-corrected chi connectivity index (χ3v) is 1.53. The Kier molecular flexibility index (Phi) is 19.3. The third kappa shape index (κ3) is 7.39. The van der Waals surface area contributed by atoms with E-state index in [2.05, 4.69) is 32.0 Å². The predicted molar refractivity (Wildman–Crippen MR) is 34.8 cm³/mol. The van der Waals surface area contributed by atoms with Crippen LogP contribution >= 0.6 is 0 Å². The summed E-state index contributed by atoms with van der Waals surface area (Å²) >= 11 is 0. The van der Waals surface area contributed by atoms with Gasteiger partial charge in [-0.15, -0.1) is 6.42 Å². The van der Waals surface area contributed by atoms with Crippen molar-refractivity contribution < 1.29 is 40.8 Å². The largest absolute Gasteiger partial charge is 0.607 e. The normalized spacial score (nSPS) is 22.0. The Morgan fingerprint density at radius 2 is 1.75 bits per heavy atom. The molecular weight excluding hydrogens is 1000 g/mol. The minimum absolute atomic E-state index is 0. The van der Waals surface area contributed by atoms with Crippen LogP contribution in [0.4, 0.5) is 0 Å². The summed E-state index contributed by atoms with van der Waals surface area (Å²) in [5.41, 5.74) is 0. The van der Waals surface area contributed by atoms with E-state index in [0.717, 1.165) is 5.92 Å². The van der Waals surface area contributed by atoms with Gasteiger partial charge in [-0.1, -0.05) is 14.0 Å². The van der Waals surface area contributed by atoms with Crippen LogP contribution in [0.5, 0.6) is 0 Å². The summed E-state index contributed by atoms with van der Waals surface area (Å²) in [7, 11) is 2.09. The predicted octanol–water partition coefficient (Wildman–Crippen LogP) is 1.67. The minimum atomic E-state index is 0. The van der Waals surface area contributed by atoms with Crippen LogP contribution in [0.3, 0.4) is 0 Å². The van der Waals surface area contributed by atoms with Crippen molar-refractivity contribution in [2.24, 2.45) is 5.92 Å². The first-order chi connectivity index (χ1) is 3.79. The summed E-state index contributed by atoms with van der Waals surface area (Å²) in [6.45, 7) is 6.73. The quantitative estimate of drug-likeness (QED) is 0.335. The average molecular weight is 1020 g/mol. The molecule has 66 valence electrons. The van der Waals surface area contributed by atoms with Crippen LogP contribution in [0.1, 0.15) is 19.8 Å². The molecule has 0 N–H and O–H groups in total. The smallest absolute Gasteiger partial charge is 0 e. The van der Waals surface area contributed by atoms with E-state index in [1.54, 1.807) is 0 Å². The molecule has 2 radical (unpaired) electrons. The molecule has 1 atom stereocenters. The molecular formula is C7H13NRe2Rf2-2. The number of nitrogens with zero attached hydrogens (tertiary/aromatic N) is 1. The van der Waals surface area contributed by atoms with E-state index in [0.29, 0.717) is 0 Å². The molecule has 1 saturated heterocycles. The van der Waals surface area contributed by atoms with Crippen molar-refractivity contribution >= 4 is 0 Å². The van der Waals surface area contributed by atoms with E-state index in [4.69, 9.17) is 0 Å². The zero-order valence-corrected chi connectivity index (χ0v) is 26.0. The second kappa shape index (κ2) is 10.3. The fraction of sp³-hybridized carbons (Fsp3) is 0.714. The molecule has 0 saturated carbocycles. The zero-order valence-electron chi connectivity index (χ0n) is 7.76. The maximum absolute atomic E-state index is 2.25. The Morgan fingerprint density at radius 3 is 2.00 bits per heavy atom. The van der Waals surface area contributed by atoms with Gasteiger partial charge in [-0.3, -0.25) is 6.54 Å². The fourth-order valence-electron chi connectivity index (χ4n) is 1.08. The first-order valence-electron chi connectivity index (χ1n) is 3.19. The zero-order chi connectivity index (χ0) is 5.98. The summed E-state index contributed by atoms with van der Waals surface area (Å²) in [5, 5.41) is 0. The maximum atomic E-state index is 2.25. The van der Waals surface area contributed by atoms with Crippen LogP contribution in [0, 0.1) is 19.0 Å². The van der Waals surface area contributed by atoms with Crippen LogP contribution in [0.15, 0.2) is 0 Å². The summed E-state index contributed by atoms with van der Waals surface area (Å²) in [5.74, 6) is 0.782. The summed E-state index contributed by atoms with van der Waals surface area (Å²) in [6.07, 6.45) is 2.57. The van der Waals surface area contributed by atoms with E-state index in [1.165, 1.54) is 12.8 Å². The number of piperidine rings is 1. The van der Waals surface area contributed by atoms with Crippen molar-refractivity contribution in [1.29, 1.82) is 0 Å². The standard InChI is InChI=1S/C7H13N.2Re.2Rf/c1-7-4-3-5-8(2)6-7;;;;/h5-7H,3-4H2,1-2H3;;;;/q-2;;;;. The molecule has 0 aromatic heterocycles. The Hall–Kier alpha value is -0.715. The van der Waals surface area contributed by atoms with Crippen LogP contribution in [0.2, 0.25) is 0 Å². The van der Waals surface area contributed by atoms with E-state index in [-0.39, 0.29) is 40.8 Å². The molecule has 0 aromatic carbocycles. The van der Waals surface area contributed by atoms with E-state index >= 15 is 0 Å². The van der Waals surface area contributed by atoms with Gasteiger partial charge >= 0.3 is 0 Å². The van der Waals surface area contributed by atoms with Crippen molar-refractivity contribution in [3.8, 4) is 0 Å². The first-order valence-corrected chi connectivity index (χ1v) is 3.19. The second-order valence-corrected chi connectivity index (χ2v) is 2.55. The second-order valence-electron chi connectivity index (χ2n) is 2.55. The topological polar surface area (TPSA) is 3.24 Å². The van der Waals surface area contributed by atoms with Crippen molar-refractivity contribution in [2.45, 2.75) is 19.8 Å². The summed E-state index contributed by atoms with van der Waals surface area (Å²) in [6, 6.07) is 0. The Morgan fingerprint density at radius 1 is 1.25 bits per heavy atom. The summed E-state index contributed by atoms with van der Waals surface area (Å²) < 4.78 is 0. The van der Waals surface area contributed by atoms with Crippen LogP contribution < -0.4 is 0 Å². The first kappa shape index (κ1) is 22.5. The van der Waals surface area contributed by atoms with E-state index in [9.17, 15) is 0 Å². The SMILES string of the molecule is CC1[CH-]N(C)[CH-]CC1.[Re].[Re].[Rf].[Rf]. The van der Waals surface area contributed by atoms with Crippen molar-refractivity contribution in [3.63, 3.8) is 0 Å². The molecule has 1 nitrogen and oxygen atoms in total. The van der Waals surface area contributed by atoms with Gasteiger partial charge in [0.2, 0.25) is 0 Å². The maximum Gasteiger partial charge on any atom is 0 e. The van der Waals surface area contributed by atoms with Crippen molar-refractivity contribution in [1.82, 2.24) is 4.90 Å². The molecule has 5 heteroatoms. The van der Waals surface area contributed by atoms with Gasteiger partial charge in [-0.2, -0.15) is 12.3 Å². The van der Waals surface area contributed by atoms with Crippen molar-refractivity contribution in [2.75, 3.05) is 7.05 Å². The number of rotatable bonds is 0. The van der Waals surface area contributed by atoms with Crippen LogP contribution in [0.25, 0.3) is 0 Å². The molecule has 0 aliphatic carbocycles. The molecule has 1 fully saturated rings. The van der Waals surface area contributed by atoms with Crippen molar-refractivity contribution in [3.05, 3.63) is 13.1 Å². The minimum Gasteiger partial charge on any atom is -0.607 e. The fourth-order valence-corrected chi connectivity index (χ4v) is 1.08. The number of hydrogen-bond acceptors (Lipinski definition) is 1. The van der Waals surface area contributed by atoms with Gasteiger partial charge in [-0.25, -0.2) is 0 Å². The van der Waals surface area contributed by atoms with E-state index in [1.807, 2.05) is 0 Å². The van der Waals surface area contributed by atoms with Gasteiger partial charge in [0.15, 0.2) is 0 Å². The Balaban J connectivity index is -0.0000000800. The van der Waals surface area contributed by atoms with Gasteiger partial charge in [0, 0.05) is 40.8 Å². The van der Waals surface area contributed by atoms with E-state index < -0.39 is 0 Å². The summed E-state index contributed by atoms with van der Waals surface area (Å²) in [4.78, 5) is 2.16. The van der Waals surface area contributed by atoms with Gasteiger partial charge in [-0.05, 0) is 0 Å². The molecule has 0 bridgehead atoms. The van der Waals surface area contributed by atoms with Gasteiger partial charge in [0.1, 0.15) is 0 Å². The Bertz CT molecular complexity index is 77.8. The molecule has 1 heterocycles. The molecule has 12 heavy (non-hydrogen) atoms. The Labute approximate surface area is 91.2 Å². The third-order valence-electron chi connectivity index (χ3n) is 1.53. The number of likely N-dealkylation sites (tertiary alicyclic amines) is 1. The van der Waals surface area contributed by atoms with Gasteiger partial charge in [0.25, 0.3) is 0 Å². The molecule has 0 aromatic rings. The van der Waals surface area contributed by atoms with Crippen LogP contribution in [-0.2, 0) is 40.8 Å². The molecule has 1 rings (SSSR count). The molecule has 1 aliphatic heterocycles. The van der Waals surface area contributed by atoms with Gasteiger partial charge < -0.3 is 11.4 Å². The molecule has 0 spiro atoms. The number of hydrogen-bond donors (Lipinski definition) is 0. The van der Waals surface area contributed by atoms with Crippen LogP contribution in [-0.4, -0.2) is 11.9 Å². The molecule has 0 amide bonds. The van der Waals surface area contributed by atoms with Gasteiger partial charge in [0.05, 0.1) is 0 Å². The monoisotopic (exact) mass is 1020 g/mol. The average Bonchev–Trinajstić information content (AvgIpc) is 1.64.